The SMILES string of the molecule is C#CC#CC#CC#CC#CC#CC#CC#CC#CC#CC#CC#CC#CC#CC#CC#CC#C.CC(C)(C)CCC(=O)CC(C)(C)C.CC(C)(C)CNC(=O)CC(C)(C)C.CC(C)(C)CNC(=O)CCC(=O)CC(C)(C)C.CC(C)(C)CNC(=O)CCC(=O)CC(C)(C)C. The summed E-state index contributed by atoms with van der Waals surface area (Å²) in [4.78, 5) is 69.1. The van der Waals surface area contributed by atoms with Gasteiger partial charge in [-0.2, -0.15) is 0 Å². The van der Waals surface area contributed by atoms with Gasteiger partial charge in [-0.15, -0.1) is 12.8 Å². The second-order valence-electron chi connectivity index (χ2n) is 30.7. The largest absolute Gasteiger partial charge is 0.356 e. The number of rotatable bonds is 15. The smallest absolute Gasteiger partial charge is 0.220 e. The third-order valence-electron chi connectivity index (χ3n) is 9.69. The molecule has 0 aliphatic rings. The van der Waals surface area contributed by atoms with E-state index in [1.807, 2.05) is 41.5 Å². The summed E-state index contributed by atoms with van der Waals surface area (Å²) in [7, 11) is 0. The second kappa shape index (κ2) is 51.5. The van der Waals surface area contributed by atoms with Crippen LogP contribution < -0.4 is 16.0 Å². The second-order valence-corrected chi connectivity index (χ2v) is 30.7. The first-order valence-electron chi connectivity index (χ1n) is 30.9. The van der Waals surface area contributed by atoms with E-state index >= 15 is 0 Å². The molecule has 0 saturated carbocycles. The molecule has 0 heterocycles. The van der Waals surface area contributed by atoms with Gasteiger partial charge in [-0.3, -0.25) is 28.8 Å². The van der Waals surface area contributed by atoms with E-state index in [4.69, 9.17) is 12.8 Å². The lowest BCUT2D eigenvalue weighted by molar-refractivity contribution is -0.126. The minimum Gasteiger partial charge on any atom is -0.356 e. The Bertz CT molecular complexity index is 3400. The van der Waals surface area contributed by atoms with E-state index in [1.165, 1.54) is 0 Å². The Morgan fingerprint density at radius 1 is 0.223 bits per heavy atom. The van der Waals surface area contributed by atoms with Crippen LogP contribution >= 0.6 is 0 Å². The Morgan fingerprint density at radius 2 is 0.404 bits per heavy atom. The number of amides is 3. The third-order valence-corrected chi connectivity index (χ3v) is 9.69. The minimum absolute atomic E-state index is 0.0129. The Kier molecular flexibility index (Phi) is 50.8. The summed E-state index contributed by atoms with van der Waals surface area (Å²) in [6.45, 7) is 52.1. The van der Waals surface area contributed by atoms with Crippen LogP contribution in [0.25, 0.3) is 0 Å². The number of carbonyl (C=O) groups is 6. The van der Waals surface area contributed by atoms with Crippen LogP contribution in [0.4, 0.5) is 0 Å². The van der Waals surface area contributed by atoms with Gasteiger partial charge in [0.1, 0.15) is 17.3 Å². The third kappa shape index (κ3) is 95.6. The Labute approximate surface area is 572 Å². The van der Waals surface area contributed by atoms with Crippen LogP contribution in [0, 0.1) is 246 Å². The fraction of sp³-hybridized carbons (Fsp3) is 0.529. The van der Waals surface area contributed by atoms with Gasteiger partial charge in [0.25, 0.3) is 0 Å². The van der Waals surface area contributed by atoms with E-state index in [9.17, 15) is 28.8 Å². The van der Waals surface area contributed by atoms with Gasteiger partial charge < -0.3 is 16.0 Å². The minimum atomic E-state index is -0.0258. The predicted molar refractivity (Wildman–Crippen MR) is 390 cm³/mol. The maximum absolute atomic E-state index is 11.6. The zero-order valence-electron chi connectivity index (χ0n) is 61.3. The molecule has 3 amide bonds. The number of terminal acetylenes is 2. The van der Waals surface area contributed by atoms with E-state index in [1.54, 1.807) is 0 Å². The average Bonchev–Trinajstić information content (AvgIpc) is 1.58. The van der Waals surface area contributed by atoms with Crippen LogP contribution in [0.2, 0.25) is 0 Å². The van der Waals surface area contributed by atoms with Crippen LogP contribution in [-0.2, 0) is 28.8 Å². The zero-order valence-corrected chi connectivity index (χ0v) is 61.3. The lowest BCUT2D eigenvalue weighted by atomic mass is 9.85. The van der Waals surface area contributed by atoms with Crippen LogP contribution in [0.15, 0.2) is 0 Å². The number of hydrogen-bond acceptors (Lipinski definition) is 6. The molecular weight excluding hydrogens is 1160 g/mol. The lowest BCUT2D eigenvalue weighted by Crippen LogP contribution is -2.34. The van der Waals surface area contributed by atoms with Crippen molar-refractivity contribution in [2.24, 2.45) is 43.3 Å². The molecule has 0 rings (SSSR count). The molecule has 0 atom stereocenters. The molecule has 0 bridgehead atoms. The first-order valence-corrected chi connectivity index (χ1v) is 30.9. The molecule has 9 heteroatoms. The summed E-state index contributed by atoms with van der Waals surface area (Å²) in [5, 5.41) is 8.64. The molecule has 0 aromatic rings. The molecule has 0 radical (unpaired) electrons. The highest BCUT2D eigenvalue weighted by Crippen LogP contribution is 2.25. The molecule has 0 aromatic heterocycles. The van der Waals surface area contributed by atoms with Crippen molar-refractivity contribution >= 4 is 35.1 Å². The summed E-state index contributed by atoms with van der Waals surface area (Å²) in [5.41, 5.74) is 0.895. The van der Waals surface area contributed by atoms with Crippen LogP contribution in [0.5, 0.6) is 0 Å². The van der Waals surface area contributed by atoms with Crippen LogP contribution in [0.1, 0.15) is 230 Å². The molecule has 3 N–H and O–H groups in total. The maximum atomic E-state index is 11.6. The van der Waals surface area contributed by atoms with Crippen molar-refractivity contribution in [3.8, 4) is 202 Å². The summed E-state index contributed by atoms with van der Waals surface area (Å²) >= 11 is 0. The van der Waals surface area contributed by atoms with Crippen molar-refractivity contribution in [3.63, 3.8) is 0 Å². The van der Waals surface area contributed by atoms with Gasteiger partial charge >= 0.3 is 0 Å². The molecule has 494 valence electrons. The number of carbonyl (C=O) groups excluding carboxylic acids is 6. The fourth-order valence-corrected chi connectivity index (χ4v) is 5.82. The molecule has 0 saturated heterocycles. The topological polar surface area (TPSA) is 139 Å². The summed E-state index contributed by atoms with van der Waals surface area (Å²) in [5.74, 6) is 79.0. The Balaban J connectivity index is -0.000000374. The van der Waals surface area contributed by atoms with Crippen molar-refractivity contribution in [1.29, 1.82) is 0 Å². The molecule has 94 heavy (non-hydrogen) atoms. The molecule has 0 aromatic carbocycles. The van der Waals surface area contributed by atoms with Crippen LogP contribution in [0.3, 0.4) is 0 Å². The number of ketones is 3. The van der Waals surface area contributed by atoms with Gasteiger partial charge in [-0.1, -0.05) is 166 Å². The molecular formula is C85H103N3O6. The van der Waals surface area contributed by atoms with Gasteiger partial charge in [0, 0.05) is 172 Å². The lowest BCUT2D eigenvalue weighted by Gasteiger charge is -2.21. The van der Waals surface area contributed by atoms with Crippen LogP contribution in [-0.4, -0.2) is 54.7 Å². The van der Waals surface area contributed by atoms with Gasteiger partial charge in [0.05, 0.1) is 0 Å². The highest BCUT2D eigenvalue weighted by molar-refractivity contribution is 5.86. The van der Waals surface area contributed by atoms with Gasteiger partial charge in [-0.25, -0.2) is 0 Å². The highest BCUT2D eigenvalue weighted by Gasteiger charge is 2.21. The number of Topliss-reactive ketones (excluding diaryl/α,β-unsaturated/α-hetero) is 3. The Morgan fingerprint density at radius 3 is 0.574 bits per heavy atom. The number of hydrogen-bond donors (Lipinski definition) is 3. The van der Waals surface area contributed by atoms with Crippen molar-refractivity contribution in [2.45, 2.75) is 230 Å². The van der Waals surface area contributed by atoms with Crippen molar-refractivity contribution in [1.82, 2.24) is 16.0 Å². The van der Waals surface area contributed by atoms with Crippen molar-refractivity contribution < 1.29 is 28.8 Å². The maximum Gasteiger partial charge on any atom is 0.220 e. The monoisotopic (exact) mass is 1260 g/mol. The van der Waals surface area contributed by atoms with Crippen molar-refractivity contribution in [3.05, 3.63) is 0 Å². The van der Waals surface area contributed by atoms with E-state index in [0.717, 1.165) is 19.4 Å². The summed E-state index contributed by atoms with van der Waals surface area (Å²) in [6, 6.07) is 0. The first kappa shape index (κ1) is 92.7. The predicted octanol–water partition coefficient (Wildman–Crippen LogP) is 12.6. The van der Waals surface area contributed by atoms with Gasteiger partial charge in [0.15, 0.2) is 0 Å². The molecule has 9 nitrogen and oxygen atoms in total. The molecule has 0 fully saturated rings. The standard InChI is InChI=1S/C34H2.2C14H27NO2.C12H24O.C11H23NO/c1-3-5-7-9-11-13-15-17-19-21-23-25-27-29-31-33-34-32-30-28-26-24-22-20-18-16-14-12-10-8-6-4-2;2*1-13(2,3)9-11(16)7-8-12(17)15-10-14(4,5)6;1-11(2,3)8-7-10(13)9-12(4,5)6;1-10(2,3)7-9(13)12-8-11(4,5)6/h1-2H;2*7-10H2,1-6H3,(H,15,17);7-9H2,1-6H3;7-8H2,1-6H3,(H,12,13). The quantitative estimate of drug-likeness (QED) is 0.140. The van der Waals surface area contributed by atoms with Gasteiger partial charge in [0.2, 0.25) is 17.7 Å². The first-order chi connectivity index (χ1) is 43.1. The van der Waals surface area contributed by atoms with Crippen molar-refractivity contribution in [2.75, 3.05) is 19.6 Å². The zero-order chi connectivity index (χ0) is 73.4. The fourth-order valence-electron chi connectivity index (χ4n) is 5.82. The molecule has 0 aliphatic carbocycles. The normalized spacial score (nSPS) is 9.43. The molecule has 0 spiro atoms. The molecule has 0 aliphatic heterocycles. The Hall–Kier alpha value is -10.1. The van der Waals surface area contributed by atoms with Gasteiger partial charge in [-0.05, 0) is 144 Å². The highest BCUT2D eigenvalue weighted by atomic mass is 16.2. The van der Waals surface area contributed by atoms with E-state index < -0.39 is 0 Å². The number of nitrogens with one attached hydrogen (secondary N) is 3. The summed E-state index contributed by atoms with van der Waals surface area (Å²) in [6.07, 6.45) is 15.3. The molecule has 0 unspecified atom stereocenters. The summed E-state index contributed by atoms with van der Waals surface area (Å²) < 4.78 is 0. The average molecular weight is 1260 g/mol. The van der Waals surface area contributed by atoms with E-state index in [-0.39, 0.29) is 72.6 Å². The van der Waals surface area contributed by atoms with E-state index in [2.05, 4.69) is 330 Å². The van der Waals surface area contributed by atoms with E-state index in [0.29, 0.717) is 70.2 Å².